The molecule has 0 saturated carbocycles. The molecule has 0 aromatic carbocycles. The van der Waals surface area contributed by atoms with Crippen LogP contribution in [0, 0.1) is 3.57 Å². The molecule has 56 valence electrons. The summed E-state index contributed by atoms with van der Waals surface area (Å²) in [7, 11) is 0. The molecule has 0 unspecified atom stereocenters. The lowest BCUT2D eigenvalue weighted by Gasteiger charge is -2.05. The van der Waals surface area contributed by atoms with Crippen molar-refractivity contribution in [3.05, 3.63) is 9.77 Å². The van der Waals surface area contributed by atoms with Gasteiger partial charge in [0.15, 0.2) is 0 Å². The molecule has 3 nitrogen and oxygen atoms in total. The Morgan fingerprint density at radius 3 is 2.80 bits per heavy atom. The van der Waals surface area contributed by atoms with Crippen LogP contribution in [0.2, 0.25) is 0 Å². The van der Waals surface area contributed by atoms with E-state index in [0.29, 0.717) is 0 Å². The number of hydrogen-bond donors (Lipinski definition) is 1. The largest absolute Gasteiger partial charge is 0.475 e. The number of halogens is 1. The van der Waals surface area contributed by atoms with Crippen LogP contribution in [-0.2, 0) is 0 Å². The Hall–Kier alpha value is -0.260. The molecule has 10 heavy (non-hydrogen) atoms. The average Bonchev–Trinajstić information content (AvgIpc) is 2.15. The SMILES string of the molecule is CC(C)Oc1[nH]ncc1I. The van der Waals surface area contributed by atoms with Crippen molar-refractivity contribution in [2.75, 3.05) is 0 Å². The number of aromatic nitrogens is 2. The predicted molar refractivity (Wildman–Crippen MR) is 47.1 cm³/mol. The average molecular weight is 252 g/mol. The zero-order valence-corrected chi connectivity index (χ0v) is 8.05. The lowest BCUT2D eigenvalue weighted by Crippen LogP contribution is -2.06. The van der Waals surface area contributed by atoms with Gasteiger partial charge in [0.25, 0.3) is 0 Å². The molecular formula is C6H9IN2O. The van der Waals surface area contributed by atoms with Crippen molar-refractivity contribution in [1.29, 1.82) is 0 Å². The quantitative estimate of drug-likeness (QED) is 0.815. The van der Waals surface area contributed by atoms with E-state index < -0.39 is 0 Å². The smallest absolute Gasteiger partial charge is 0.223 e. The van der Waals surface area contributed by atoms with Gasteiger partial charge in [0.2, 0.25) is 5.88 Å². The van der Waals surface area contributed by atoms with E-state index in [4.69, 9.17) is 4.74 Å². The van der Waals surface area contributed by atoms with E-state index in [1.165, 1.54) is 0 Å². The fraction of sp³-hybridized carbons (Fsp3) is 0.500. The zero-order valence-electron chi connectivity index (χ0n) is 5.89. The number of rotatable bonds is 2. The summed E-state index contributed by atoms with van der Waals surface area (Å²) in [5.74, 6) is 0.760. The third-order valence-corrected chi connectivity index (χ3v) is 1.68. The summed E-state index contributed by atoms with van der Waals surface area (Å²) in [4.78, 5) is 0. The van der Waals surface area contributed by atoms with Crippen molar-refractivity contribution in [2.24, 2.45) is 0 Å². The molecule has 1 N–H and O–H groups in total. The van der Waals surface area contributed by atoms with Gasteiger partial charge in [-0.15, -0.1) is 0 Å². The highest BCUT2D eigenvalue weighted by Gasteiger charge is 2.03. The molecule has 1 rings (SSSR count). The van der Waals surface area contributed by atoms with Crippen molar-refractivity contribution in [3.63, 3.8) is 0 Å². The summed E-state index contributed by atoms with van der Waals surface area (Å²) < 4.78 is 6.38. The summed E-state index contributed by atoms with van der Waals surface area (Å²) in [6.45, 7) is 3.97. The minimum atomic E-state index is 0.203. The minimum absolute atomic E-state index is 0.203. The maximum atomic E-state index is 5.36. The minimum Gasteiger partial charge on any atom is -0.475 e. The standard InChI is InChI=1S/C6H9IN2O/c1-4(2)10-6-5(7)3-8-9-6/h3-4H,1-2H3,(H,8,9). The van der Waals surface area contributed by atoms with Gasteiger partial charge < -0.3 is 4.74 Å². The summed E-state index contributed by atoms with van der Waals surface area (Å²) >= 11 is 2.17. The maximum absolute atomic E-state index is 5.36. The van der Waals surface area contributed by atoms with Crippen LogP contribution in [0.25, 0.3) is 0 Å². The van der Waals surface area contributed by atoms with Crippen LogP contribution in [0.15, 0.2) is 6.20 Å². The highest BCUT2D eigenvalue weighted by molar-refractivity contribution is 14.1. The number of nitrogens with one attached hydrogen (secondary N) is 1. The molecule has 0 aliphatic rings. The second kappa shape index (κ2) is 3.23. The highest BCUT2D eigenvalue weighted by Crippen LogP contribution is 2.16. The molecule has 4 heteroatoms. The van der Waals surface area contributed by atoms with E-state index >= 15 is 0 Å². The molecule has 0 aliphatic carbocycles. The molecule has 0 saturated heterocycles. The molecule has 1 heterocycles. The van der Waals surface area contributed by atoms with Crippen molar-refractivity contribution in [1.82, 2.24) is 10.2 Å². The lowest BCUT2D eigenvalue weighted by atomic mass is 10.5. The molecule has 0 amide bonds. The van der Waals surface area contributed by atoms with Crippen LogP contribution in [-0.4, -0.2) is 16.3 Å². The van der Waals surface area contributed by atoms with Gasteiger partial charge in [-0.05, 0) is 36.4 Å². The van der Waals surface area contributed by atoms with Crippen LogP contribution in [0.4, 0.5) is 0 Å². The Balaban J connectivity index is 2.65. The molecule has 0 fully saturated rings. The van der Waals surface area contributed by atoms with Crippen molar-refractivity contribution in [3.8, 4) is 5.88 Å². The molecule has 0 aliphatic heterocycles. The molecular weight excluding hydrogens is 243 g/mol. The maximum Gasteiger partial charge on any atom is 0.223 e. The van der Waals surface area contributed by atoms with Crippen LogP contribution >= 0.6 is 22.6 Å². The summed E-state index contributed by atoms with van der Waals surface area (Å²) in [6, 6.07) is 0. The highest BCUT2D eigenvalue weighted by atomic mass is 127. The van der Waals surface area contributed by atoms with Gasteiger partial charge in [0.05, 0.1) is 15.9 Å². The Kier molecular flexibility index (Phi) is 2.53. The Labute approximate surface area is 73.3 Å². The Morgan fingerprint density at radius 2 is 2.40 bits per heavy atom. The van der Waals surface area contributed by atoms with Gasteiger partial charge in [0, 0.05) is 0 Å². The monoisotopic (exact) mass is 252 g/mol. The number of hydrogen-bond acceptors (Lipinski definition) is 2. The molecule has 0 atom stereocenters. The first kappa shape index (κ1) is 7.84. The van der Waals surface area contributed by atoms with E-state index in [1.807, 2.05) is 13.8 Å². The summed E-state index contributed by atoms with van der Waals surface area (Å²) in [6.07, 6.45) is 1.94. The van der Waals surface area contributed by atoms with Crippen LogP contribution < -0.4 is 4.74 Å². The van der Waals surface area contributed by atoms with Crippen LogP contribution in [0.1, 0.15) is 13.8 Å². The molecule has 0 radical (unpaired) electrons. The molecule has 0 bridgehead atoms. The number of nitrogens with zero attached hydrogens (tertiary/aromatic N) is 1. The molecule has 0 spiro atoms. The first-order chi connectivity index (χ1) is 4.70. The fourth-order valence-electron chi connectivity index (χ4n) is 0.578. The van der Waals surface area contributed by atoms with E-state index in [9.17, 15) is 0 Å². The summed E-state index contributed by atoms with van der Waals surface area (Å²) in [5.41, 5.74) is 0. The third-order valence-electron chi connectivity index (χ3n) is 0.914. The lowest BCUT2D eigenvalue weighted by molar-refractivity contribution is 0.230. The van der Waals surface area contributed by atoms with E-state index in [-0.39, 0.29) is 6.10 Å². The topological polar surface area (TPSA) is 37.9 Å². The second-order valence-corrected chi connectivity index (χ2v) is 3.38. The first-order valence-electron chi connectivity index (χ1n) is 3.05. The van der Waals surface area contributed by atoms with E-state index in [2.05, 4.69) is 32.8 Å². The van der Waals surface area contributed by atoms with Gasteiger partial charge >= 0.3 is 0 Å². The Bertz CT molecular complexity index is 209. The van der Waals surface area contributed by atoms with Gasteiger partial charge in [0.1, 0.15) is 0 Å². The molecule has 1 aromatic rings. The van der Waals surface area contributed by atoms with Crippen molar-refractivity contribution >= 4 is 22.6 Å². The molecule has 1 aromatic heterocycles. The first-order valence-corrected chi connectivity index (χ1v) is 4.13. The van der Waals surface area contributed by atoms with Gasteiger partial charge in [-0.2, -0.15) is 5.10 Å². The van der Waals surface area contributed by atoms with Gasteiger partial charge in [-0.3, -0.25) is 0 Å². The Morgan fingerprint density at radius 1 is 1.70 bits per heavy atom. The van der Waals surface area contributed by atoms with Gasteiger partial charge in [-0.1, -0.05) is 0 Å². The zero-order chi connectivity index (χ0) is 7.56. The third kappa shape index (κ3) is 1.86. The number of H-pyrrole nitrogens is 1. The second-order valence-electron chi connectivity index (χ2n) is 2.21. The number of aromatic amines is 1. The van der Waals surface area contributed by atoms with Gasteiger partial charge in [-0.25, -0.2) is 5.10 Å². The summed E-state index contributed by atoms with van der Waals surface area (Å²) in [5, 5.41) is 6.57. The van der Waals surface area contributed by atoms with E-state index in [0.717, 1.165) is 9.45 Å². The van der Waals surface area contributed by atoms with Crippen molar-refractivity contribution in [2.45, 2.75) is 20.0 Å². The van der Waals surface area contributed by atoms with Crippen LogP contribution in [0.5, 0.6) is 5.88 Å². The fourth-order valence-corrected chi connectivity index (χ4v) is 0.965. The van der Waals surface area contributed by atoms with E-state index in [1.54, 1.807) is 6.20 Å². The van der Waals surface area contributed by atoms with Crippen molar-refractivity contribution < 1.29 is 4.74 Å². The normalized spacial score (nSPS) is 10.4. The predicted octanol–water partition coefficient (Wildman–Crippen LogP) is 1.80. The number of ether oxygens (including phenoxy) is 1. The van der Waals surface area contributed by atoms with Crippen LogP contribution in [0.3, 0.4) is 0 Å².